The van der Waals surface area contributed by atoms with Crippen molar-refractivity contribution in [1.82, 2.24) is 29.7 Å². The first-order valence-electron chi connectivity index (χ1n) is 9.65. The summed E-state index contributed by atoms with van der Waals surface area (Å²) in [6.45, 7) is 7.17. The second kappa shape index (κ2) is 8.00. The summed E-state index contributed by atoms with van der Waals surface area (Å²) < 4.78 is 27.5. The van der Waals surface area contributed by atoms with E-state index >= 15 is 0 Å². The third-order valence-corrected chi connectivity index (χ3v) is 7.18. The molecule has 158 valence electrons. The van der Waals surface area contributed by atoms with Gasteiger partial charge < -0.3 is 10.2 Å². The van der Waals surface area contributed by atoms with Crippen molar-refractivity contribution >= 4 is 27.5 Å². The molecule has 4 heterocycles. The molecule has 0 saturated carbocycles. The van der Waals surface area contributed by atoms with Crippen LogP contribution in [0.5, 0.6) is 0 Å². The highest BCUT2D eigenvalue weighted by molar-refractivity contribution is 7.89. The Labute approximate surface area is 175 Å². The van der Waals surface area contributed by atoms with E-state index in [1.165, 1.54) is 4.31 Å². The van der Waals surface area contributed by atoms with Crippen LogP contribution in [0.2, 0.25) is 0 Å². The second-order valence-corrected chi connectivity index (χ2v) is 9.10. The van der Waals surface area contributed by atoms with Crippen LogP contribution in [0.4, 0.5) is 17.5 Å². The first-order valence-corrected chi connectivity index (χ1v) is 11.1. The molecular weight excluding hydrogens is 404 g/mol. The number of pyridine rings is 1. The van der Waals surface area contributed by atoms with E-state index < -0.39 is 10.0 Å². The zero-order valence-corrected chi connectivity index (χ0v) is 17.9. The van der Waals surface area contributed by atoms with Gasteiger partial charge in [0, 0.05) is 31.9 Å². The number of anilines is 3. The molecule has 11 heteroatoms. The zero-order chi connectivity index (χ0) is 21.3. The minimum absolute atomic E-state index is 0.274. The molecule has 2 N–H and O–H groups in total. The monoisotopic (exact) mass is 428 g/mol. The van der Waals surface area contributed by atoms with Gasteiger partial charge in [0.25, 0.3) is 0 Å². The predicted molar refractivity (Wildman–Crippen MR) is 113 cm³/mol. The third-order valence-electron chi connectivity index (χ3n) is 5.02. The number of aromatic nitrogens is 5. The minimum atomic E-state index is -3.57. The van der Waals surface area contributed by atoms with E-state index in [4.69, 9.17) is 0 Å². The summed E-state index contributed by atoms with van der Waals surface area (Å²) >= 11 is 0. The third kappa shape index (κ3) is 3.98. The van der Waals surface area contributed by atoms with E-state index in [0.717, 1.165) is 5.69 Å². The highest BCUT2D eigenvalue weighted by Crippen LogP contribution is 2.24. The Morgan fingerprint density at radius 1 is 0.967 bits per heavy atom. The Balaban J connectivity index is 1.40. The lowest BCUT2D eigenvalue weighted by molar-refractivity contribution is 0.383. The molecule has 0 atom stereocenters. The Bertz CT molecular complexity index is 1120. The Morgan fingerprint density at radius 3 is 2.33 bits per heavy atom. The first kappa shape index (κ1) is 20.2. The van der Waals surface area contributed by atoms with Crippen LogP contribution in [0, 0.1) is 20.8 Å². The molecular formula is C19H24N8O2S. The Morgan fingerprint density at radius 2 is 1.73 bits per heavy atom. The van der Waals surface area contributed by atoms with Crippen molar-refractivity contribution in [3.05, 3.63) is 47.4 Å². The van der Waals surface area contributed by atoms with E-state index in [2.05, 4.69) is 30.7 Å². The molecule has 0 aliphatic carbocycles. The van der Waals surface area contributed by atoms with Gasteiger partial charge in [-0.2, -0.15) is 9.40 Å². The van der Waals surface area contributed by atoms with Crippen LogP contribution < -0.4 is 10.2 Å². The molecule has 0 amide bonds. The molecule has 1 saturated heterocycles. The van der Waals surface area contributed by atoms with Gasteiger partial charge in [0.15, 0.2) is 11.6 Å². The van der Waals surface area contributed by atoms with Crippen LogP contribution in [0.3, 0.4) is 0 Å². The predicted octanol–water partition coefficient (Wildman–Crippen LogP) is 1.77. The standard InChI is InChI=1S/C19H24N8O2S/c1-13-5-4-6-16(20-13)21-17-7-8-18(25-24-17)26-9-11-27(12-10-26)30(28,29)19-14(2)22-23-15(19)3/h4-8H,9-12H2,1-3H3,(H,22,23)(H,20,21,24). The number of sulfonamides is 1. The topological polar surface area (TPSA) is 120 Å². The number of H-pyrrole nitrogens is 1. The van der Waals surface area contributed by atoms with Crippen LogP contribution in [0.1, 0.15) is 17.1 Å². The molecule has 30 heavy (non-hydrogen) atoms. The molecule has 1 aliphatic rings. The number of hydrogen-bond acceptors (Lipinski definition) is 8. The second-order valence-electron chi connectivity index (χ2n) is 7.22. The molecule has 0 bridgehead atoms. The summed E-state index contributed by atoms with van der Waals surface area (Å²) in [5, 5.41) is 18.4. The number of aryl methyl sites for hydroxylation is 3. The quantitative estimate of drug-likeness (QED) is 0.631. The van der Waals surface area contributed by atoms with Gasteiger partial charge in [-0.25, -0.2) is 13.4 Å². The number of piperazine rings is 1. The van der Waals surface area contributed by atoms with E-state index in [-0.39, 0.29) is 4.90 Å². The van der Waals surface area contributed by atoms with Crippen molar-refractivity contribution in [2.75, 3.05) is 36.4 Å². The minimum Gasteiger partial charge on any atom is -0.352 e. The largest absolute Gasteiger partial charge is 0.352 e. The van der Waals surface area contributed by atoms with E-state index in [0.29, 0.717) is 55.0 Å². The SMILES string of the molecule is Cc1cccc(Nc2ccc(N3CCN(S(=O)(=O)c4c(C)n[nH]c4C)CC3)nn2)n1. The fraction of sp³-hybridized carbons (Fsp3) is 0.368. The van der Waals surface area contributed by atoms with Crippen molar-refractivity contribution in [3.63, 3.8) is 0 Å². The van der Waals surface area contributed by atoms with Crippen LogP contribution >= 0.6 is 0 Å². The van der Waals surface area contributed by atoms with Crippen LogP contribution in [-0.2, 0) is 10.0 Å². The van der Waals surface area contributed by atoms with Crippen LogP contribution in [-0.4, -0.2) is 64.3 Å². The summed E-state index contributed by atoms with van der Waals surface area (Å²) in [6, 6.07) is 9.43. The number of aromatic amines is 1. The fourth-order valence-corrected chi connectivity index (χ4v) is 5.27. The fourth-order valence-electron chi connectivity index (χ4n) is 3.51. The van der Waals surface area contributed by atoms with E-state index in [1.54, 1.807) is 13.8 Å². The van der Waals surface area contributed by atoms with Crippen molar-refractivity contribution in [2.24, 2.45) is 0 Å². The van der Waals surface area contributed by atoms with Gasteiger partial charge in [-0.15, -0.1) is 10.2 Å². The van der Waals surface area contributed by atoms with Gasteiger partial charge in [0.2, 0.25) is 10.0 Å². The van der Waals surface area contributed by atoms with Gasteiger partial charge in [-0.05, 0) is 45.0 Å². The number of hydrogen-bond donors (Lipinski definition) is 2. The molecule has 1 aliphatic heterocycles. The average molecular weight is 429 g/mol. The normalized spacial score (nSPS) is 15.4. The highest BCUT2D eigenvalue weighted by Gasteiger charge is 2.32. The molecule has 0 spiro atoms. The lowest BCUT2D eigenvalue weighted by atomic mass is 10.3. The van der Waals surface area contributed by atoms with Crippen molar-refractivity contribution < 1.29 is 8.42 Å². The van der Waals surface area contributed by atoms with E-state index in [9.17, 15) is 8.42 Å². The Hall–Kier alpha value is -3.05. The molecule has 10 nitrogen and oxygen atoms in total. The lowest BCUT2D eigenvalue weighted by Gasteiger charge is -2.34. The smallest absolute Gasteiger partial charge is 0.246 e. The molecule has 3 aromatic rings. The summed E-state index contributed by atoms with van der Waals surface area (Å²) in [4.78, 5) is 6.69. The molecule has 4 rings (SSSR count). The summed E-state index contributed by atoms with van der Waals surface area (Å²) in [6.07, 6.45) is 0. The van der Waals surface area contributed by atoms with Crippen molar-refractivity contribution in [2.45, 2.75) is 25.7 Å². The molecule has 1 fully saturated rings. The van der Waals surface area contributed by atoms with Gasteiger partial charge in [-0.1, -0.05) is 6.07 Å². The molecule has 0 radical (unpaired) electrons. The molecule has 0 aromatic carbocycles. The lowest BCUT2D eigenvalue weighted by Crippen LogP contribution is -2.49. The van der Waals surface area contributed by atoms with Crippen molar-refractivity contribution in [1.29, 1.82) is 0 Å². The highest BCUT2D eigenvalue weighted by atomic mass is 32.2. The number of nitrogens with one attached hydrogen (secondary N) is 2. The summed E-state index contributed by atoms with van der Waals surface area (Å²) in [5.41, 5.74) is 1.97. The van der Waals surface area contributed by atoms with Gasteiger partial charge in [0.05, 0.1) is 11.4 Å². The van der Waals surface area contributed by atoms with Gasteiger partial charge in [-0.3, -0.25) is 5.10 Å². The molecule has 3 aromatic heterocycles. The van der Waals surface area contributed by atoms with Crippen LogP contribution in [0.25, 0.3) is 0 Å². The van der Waals surface area contributed by atoms with E-state index in [1.807, 2.05) is 42.2 Å². The van der Waals surface area contributed by atoms with Gasteiger partial charge in [0.1, 0.15) is 10.7 Å². The maximum atomic E-state index is 13.0. The van der Waals surface area contributed by atoms with Crippen LogP contribution in [0.15, 0.2) is 35.2 Å². The van der Waals surface area contributed by atoms with Crippen molar-refractivity contribution in [3.8, 4) is 0 Å². The Kier molecular flexibility index (Phi) is 5.39. The zero-order valence-electron chi connectivity index (χ0n) is 17.1. The molecule has 0 unspecified atom stereocenters. The maximum Gasteiger partial charge on any atom is 0.246 e. The average Bonchev–Trinajstić information content (AvgIpc) is 3.07. The van der Waals surface area contributed by atoms with Gasteiger partial charge >= 0.3 is 0 Å². The summed E-state index contributed by atoms with van der Waals surface area (Å²) in [7, 11) is -3.57. The number of nitrogens with zero attached hydrogens (tertiary/aromatic N) is 6. The summed E-state index contributed by atoms with van der Waals surface area (Å²) in [5.74, 6) is 2.02. The maximum absolute atomic E-state index is 13.0. The number of rotatable bonds is 5. The first-order chi connectivity index (χ1) is 14.3.